The van der Waals surface area contributed by atoms with Crippen LogP contribution in [0.25, 0.3) is 33.3 Å². The van der Waals surface area contributed by atoms with Gasteiger partial charge in [-0.05, 0) is 75.2 Å². The Morgan fingerprint density at radius 3 is 2.45 bits per heavy atom. The predicted molar refractivity (Wildman–Crippen MR) is 151 cm³/mol. The summed E-state index contributed by atoms with van der Waals surface area (Å²) in [5, 5.41) is 14.5. The minimum atomic E-state index is -0.515. The van der Waals surface area contributed by atoms with E-state index in [2.05, 4.69) is 21.4 Å². The van der Waals surface area contributed by atoms with Gasteiger partial charge in [-0.1, -0.05) is 6.07 Å². The molecule has 210 valence electrons. The van der Waals surface area contributed by atoms with Crippen LogP contribution in [-0.2, 0) is 16.5 Å². The largest absolute Gasteiger partial charge is 0.491 e. The number of likely N-dealkylation sites (tertiary alicyclic amines) is 1. The highest BCUT2D eigenvalue weighted by molar-refractivity contribution is 5.90. The molecular weight excluding hydrogens is 510 g/mol. The molecule has 0 spiro atoms. The van der Waals surface area contributed by atoms with E-state index in [0.717, 1.165) is 39.0 Å². The Kier molecular flexibility index (Phi) is 7.62. The first-order valence-corrected chi connectivity index (χ1v) is 13.3. The molecule has 1 amide bonds. The molecule has 1 aliphatic rings. The third-order valence-corrected chi connectivity index (χ3v) is 6.55. The summed E-state index contributed by atoms with van der Waals surface area (Å²) in [4.78, 5) is 13.9. The van der Waals surface area contributed by atoms with Gasteiger partial charge in [0.1, 0.15) is 22.6 Å². The molecule has 10 heteroatoms. The van der Waals surface area contributed by atoms with Crippen molar-refractivity contribution in [2.45, 2.75) is 39.2 Å². The smallest absolute Gasteiger partial charge is 0.410 e. The maximum Gasteiger partial charge on any atom is 0.410 e. The zero-order valence-corrected chi connectivity index (χ0v) is 23.8. The Hall–Kier alpha value is -4.18. The number of ether oxygens (including phenoxy) is 4. The van der Waals surface area contributed by atoms with Crippen LogP contribution in [0.15, 0.2) is 48.7 Å². The van der Waals surface area contributed by atoms with Gasteiger partial charge in [0, 0.05) is 50.3 Å². The number of hydrogen-bond acceptors (Lipinski definition) is 8. The van der Waals surface area contributed by atoms with Crippen LogP contribution in [0, 0.1) is 0 Å². The molecule has 5 rings (SSSR count). The number of rotatable bonds is 8. The van der Waals surface area contributed by atoms with Gasteiger partial charge in [0.15, 0.2) is 6.79 Å². The van der Waals surface area contributed by atoms with Crippen molar-refractivity contribution in [3.05, 3.63) is 54.4 Å². The summed E-state index contributed by atoms with van der Waals surface area (Å²) in [5.74, 6) is 1.50. The van der Waals surface area contributed by atoms with E-state index in [-0.39, 0.29) is 18.8 Å². The number of fused-ring (bicyclic) bond motifs is 1. The van der Waals surface area contributed by atoms with Crippen molar-refractivity contribution < 1.29 is 23.7 Å². The van der Waals surface area contributed by atoms with Crippen LogP contribution >= 0.6 is 0 Å². The average Bonchev–Trinajstić information content (AvgIpc) is 3.26. The van der Waals surface area contributed by atoms with Gasteiger partial charge in [0.05, 0.1) is 18.0 Å². The average molecular weight is 546 g/mol. The van der Waals surface area contributed by atoms with Gasteiger partial charge < -0.3 is 23.8 Å². The third-order valence-electron chi connectivity index (χ3n) is 6.55. The number of methoxy groups -OCH3 is 1. The highest BCUT2D eigenvalue weighted by atomic mass is 16.7. The molecule has 1 fully saturated rings. The molecule has 0 aliphatic carbocycles. The van der Waals surface area contributed by atoms with Crippen LogP contribution in [0.3, 0.4) is 0 Å². The molecule has 1 saturated heterocycles. The zero-order valence-electron chi connectivity index (χ0n) is 23.8. The van der Waals surface area contributed by atoms with Crippen molar-refractivity contribution in [2.75, 3.05) is 33.6 Å². The SMILES string of the molecule is CCOc1cc(-c2ccc(-c3ccc(C4CN(C(=O)OC(C)(C)C)C4)nn3)c(OCOC)c2)cc2cn(C)nc12. The van der Waals surface area contributed by atoms with E-state index in [1.807, 2.05) is 77.3 Å². The predicted octanol–water partition coefficient (Wildman–Crippen LogP) is 5.41. The molecule has 0 N–H and O–H groups in total. The summed E-state index contributed by atoms with van der Waals surface area (Å²) < 4.78 is 24.3. The van der Waals surface area contributed by atoms with Crippen molar-refractivity contribution in [2.24, 2.45) is 7.05 Å². The van der Waals surface area contributed by atoms with Crippen LogP contribution in [-0.4, -0.2) is 70.2 Å². The molecule has 3 heterocycles. The zero-order chi connectivity index (χ0) is 28.4. The monoisotopic (exact) mass is 545 g/mol. The summed E-state index contributed by atoms with van der Waals surface area (Å²) in [7, 11) is 3.48. The topological polar surface area (TPSA) is 101 Å². The summed E-state index contributed by atoms with van der Waals surface area (Å²) in [5.41, 5.74) is 4.59. The van der Waals surface area contributed by atoms with E-state index in [4.69, 9.17) is 18.9 Å². The number of hydrogen-bond donors (Lipinski definition) is 0. The van der Waals surface area contributed by atoms with Crippen LogP contribution in [0.1, 0.15) is 39.3 Å². The second-order valence-corrected chi connectivity index (χ2v) is 10.8. The molecule has 0 unspecified atom stereocenters. The van der Waals surface area contributed by atoms with Gasteiger partial charge in [-0.3, -0.25) is 4.68 Å². The number of carbonyl (C=O) groups is 1. The lowest BCUT2D eigenvalue weighted by Crippen LogP contribution is -2.50. The molecule has 2 aromatic carbocycles. The molecule has 40 heavy (non-hydrogen) atoms. The molecule has 2 aromatic heterocycles. The Bertz CT molecular complexity index is 1500. The second-order valence-electron chi connectivity index (χ2n) is 10.8. The van der Waals surface area contributed by atoms with Gasteiger partial charge in [-0.25, -0.2) is 4.79 Å². The lowest BCUT2D eigenvalue weighted by atomic mass is 9.96. The highest BCUT2D eigenvalue weighted by Gasteiger charge is 2.35. The fourth-order valence-corrected chi connectivity index (χ4v) is 4.66. The Labute approximate surface area is 233 Å². The van der Waals surface area contributed by atoms with Crippen molar-refractivity contribution >= 4 is 17.0 Å². The minimum Gasteiger partial charge on any atom is -0.491 e. The Morgan fingerprint density at radius 2 is 1.77 bits per heavy atom. The first-order valence-electron chi connectivity index (χ1n) is 13.3. The number of benzene rings is 2. The fraction of sp³-hybridized carbons (Fsp3) is 0.400. The molecule has 0 atom stereocenters. The normalized spacial score (nSPS) is 13.8. The molecule has 10 nitrogen and oxygen atoms in total. The van der Waals surface area contributed by atoms with E-state index in [0.29, 0.717) is 31.1 Å². The van der Waals surface area contributed by atoms with Gasteiger partial charge in [-0.2, -0.15) is 15.3 Å². The number of amides is 1. The molecule has 4 aromatic rings. The van der Waals surface area contributed by atoms with Crippen molar-refractivity contribution in [1.29, 1.82) is 0 Å². The van der Waals surface area contributed by atoms with Crippen LogP contribution in [0.5, 0.6) is 11.5 Å². The molecule has 1 aliphatic heterocycles. The summed E-state index contributed by atoms with van der Waals surface area (Å²) in [6.07, 6.45) is 1.67. The van der Waals surface area contributed by atoms with Gasteiger partial charge in [-0.15, -0.1) is 0 Å². The highest BCUT2D eigenvalue weighted by Crippen LogP contribution is 2.37. The minimum absolute atomic E-state index is 0.0936. The first kappa shape index (κ1) is 27.4. The molecule has 0 radical (unpaired) electrons. The fourth-order valence-electron chi connectivity index (χ4n) is 4.66. The van der Waals surface area contributed by atoms with Crippen molar-refractivity contribution in [3.63, 3.8) is 0 Å². The Morgan fingerprint density at radius 1 is 1.00 bits per heavy atom. The molecule has 0 bridgehead atoms. The number of aromatic nitrogens is 4. The maximum atomic E-state index is 12.3. The van der Waals surface area contributed by atoms with Crippen molar-refractivity contribution in [1.82, 2.24) is 24.9 Å². The molecule has 0 saturated carbocycles. The van der Waals surface area contributed by atoms with E-state index in [9.17, 15) is 4.79 Å². The van der Waals surface area contributed by atoms with Crippen LogP contribution in [0.4, 0.5) is 4.79 Å². The van der Waals surface area contributed by atoms with Gasteiger partial charge in [0.25, 0.3) is 0 Å². The summed E-state index contributed by atoms with van der Waals surface area (Å²) >= 11 is 0. The quantitative estimate of drug-likeness (QED) is 0.271. The summed E-state index contributed by atoms with van der Waals surface area (Å²) in [6, 6.07) is 14.0. The van der Waals surface area contributed by atoms with E-state index < -0.39 is 5.60 Å². The first-order chi connectivity index (χ1) is 19.1. The van der Waals surface area contributed by atoms with Gasteiger partial charge in [0.2, 0.25) is 0 Å². The lowest BCUT2D eigenvalue weighted by molar-refractivity contribution is 0.00780. The second kappa shape index (κ2) is 11.1. The number of nitrogens with zero attached hydrogens (tertiary/aromatic N) is 5. The van der Waals surface area contributed by atoms with Crippen LogP contribution in [0.2, 0.25) is 0 Å². The van der Waals surface area contributed by atoms with Crippen LogP contribution < -0.4 is 9.47 Å². The van der Waals surface area contributed by atoms with Gasteiger partial charge >= 0.3 is 6.09 Å². The third kappa shape index (κ3) is 5.86. The van der Waals surface area contributed by atoms with E-state index in [1.54, 1.807) is 16.7 Å². The molecular formula is C30H35N5O5. The number of carbonyl (C=O) groups excluding carboxylic acids is 1. The Balaban J connectivity index is 1.38. The summed E-state index contributed by atoms with van der Waals surface area (Å²) in [6.45, 7) is 9.31. The van der Waals surface area contributed by atoms with E-state index in [1.165, 1.54) is 0 Å². The standard InChI is InChI=1S/C30H35N5O5/c1-7-38-27-14-20(12-21-15-34(5)33-28(21)27)19-8-9-23(26(13-19)39-18-37-6)25-11-10-24(31-32-25)22-16-35(17-22)29(36)40-30(2,3)4/h8-15,22H,7,16-18H2,1-6H3. The number of aryl methyl sites for hydroxylation is 1. The van der Waals surface area contributed by atoms with E-state index >= 15 is 0 Å². The van der Waals surface area contributed by atoms with Crippen molar-refractivity contribution in [3.8, 4) is 33.9 Å². The maximum absolute atomic E-state index is 12.3. The lowest BCUT2D eigenvalue weighted by Gasteiger charge is -2.39.